The van der Waals surface area contributed by atoms with Crippen LogP contribution < -0.4 is 0 Å². The predicted molar refractivity (Wildman–Crippen MR) is 87.1 cm³/mol. The minimum absolute atomic E-state index is 0.113. The number of nitrogens with zero attached hydrogens (tertiary/aromatic N) is 1. The molecule has 3 aliphatic rings. The fourth-order valence-electron chi connectivity index (χ4n) is 4.11. The van der Waals surface area contributed by atoms with Gasteiger partial charge in [0, 0.05) is 18.0 Å². The highest BCUT2D eigenvalue weighted by Crippen LogP contribution is 2.36. The average molecular weight is 337 g/mol. The van der Waals surface area contributed by atoms with Crippen molar-refractivity contribution in [3.63, 3.8) is 0 Å². The van der Waals surface area contributed by atoms with Crippen LogP contribution in [0.15, 0.2) is 11.6 Å². The van der Waals surface area contributed by atoms with Gasteiger partial charge in [-0.25, -0.2) is 9.59 Å². The Morgan fingerprint density at radius 2 is 2.00 bits per heavy atom. The molecule has 3 heterocycles. The molecular formula is C18H27NO5. The third kappa shape index (κ3) is 2.97. The standard InChI is InChI=1S/C18H27NO5/c1-4-12-9-11(2)18(3,22)17(21)23-10-13-5-7-19-8-6-14(15(13)19)24-16(12)20/h4,11,13-15,22H,5-10H2,1-3H3/b12-4+/t11-,13+,14-,15+,18+/m1/s1. The molecule has 3 aliphatic heterocycles. The summed E-state index contributed by atoms with van der Waals surface area (Å²) in [5, 5.41) is 10.6. The summed E-state index contributed by atoms with van der Waals surface area (Å²) >= 11 is 0. The molecule has 3 saturated heterocycles. The van der Waals surface area contributed by atoms with Crippen LogP contribution in [0, 0.1) is 11.8 Å². The summed E-state index contributed by atoms with van der Waals surface area (Å²) in [4.78, 5) is 27.3. The molecule has 0 aromatic rings. The van der Waals surface area contributed by atoms with Crippen LogP contribution in [0.3, 0.4) is 0 Å². The molecule has 0 saturated carbocycles. The van der Waals surface area contributed by atoms with Gasteiger partial charge < -0.3 is 14.6 Å². The predicted octanol–water partition coefficient (Wildman–Crippen LogP) is 1.27. The maximum atomic E-state index is 12.6. The minimum atomic E-state index is -1.62. The number of aliphatic hydroxyl groups is 1. The molecule has 0 aliphatic carbocycles. The van der Waals surface area contributed by atoms with Gasteiger partial charge in [0.1, 0.15) is 6.10 Å². The van der Waals surface area contributed by atoms with Crippen LogP contribution in [0.2, 0.25) is 0 Å². The summed E-state index contributed by atoms with van der Waals surface area (Å²) in [6.07, 6.45) is 3.59. The summed E-state index contributed by atoms with van der Waals surface area (Å²) in [6.45, 7) is 7.11. The Morgan fingerprint density at radius 1 is 1.29 bits per heavy atom. The number of cyclic esters (lactones) is 1. The number of carbonyl (C=O) groups is 2. The van der Waals surface area contributed by atoms with E-state index in [0.717, 1.165) is 25.9 Å². The molecule has 24 heavy (non-hydrogen) atoms. The number of carbonyl (C=O) groups excluding carboxylic acids is 2. The lowest BCUT2D eigenvalue weighted by molar-refractivity contribution is -0.172. The highest BCUT2D eigenvalue weighted by molar-refractivity contribution is 5.89. The first-order valence-corrected chi connectivity index (χ1v) is 8.84. The van der Waals surface area contributed by atoms with Crippen LogP contribution >= 0.6 is 0 Å². The normalized spacial score (nSPS) is 42.9. The van der Waals surface area contributed by atoms with Gasteiger partial charge in [0.05, 0.1) is 12.6 Å². The van der Waals surface area contributed by atoms with E-state index in [-0.39, 0.29) is 37.1 Å². The quantitative estimate of drug-likeness (QED) is 0.530. The van der Waals surface area contributed by atoms with E-state index in [1.807, 2.05) is 0 Å². The summed E-state index contributed by atoms with van der Waals surface area (Å²) in [5.41, 5.74) is -1.12. The molecule has 0 unspecified atom stereocenters. The van der Waals surface area contributed by atoms with E-state index in [1.54, 1.807) is 19.9 Å². The van der Waals surface area contributed by atoms with Crippen LogP contribution in [-0.2, 0) is 19.1 Å². The lowest BCUT2D eigenvalue weighted by atomic mass is 9.85. The van der Waals surface area contributed by atoms with Gasteiger partial charge in [-0.1, -0.05) is 13.0 Å². The molecule has 3 rings (SSSR count). The second-order valence-electron chi connectivity index (χ2n) is 7.47. The van der Waals surface area contributed by atoms with Crippen LogP contribution in [0.25, 0.3) is 0 Å². The third-order valence-electron chi connectivity index (χ3n) is 5.97. The van der Waals surface area contributed by atoms with Gasteiger partial charge in [-0.2, -0.15) is 0 Å². The van der Waals surface area contributed by atoms with Crippen molar-refractivity contribution in [3.8, 4) is 0 Å². The van der Waals surface area contributed by atoms with Crippen molar-refractivity contribution in [2.75, 3.05) is 19.7 Å². The molecule has 0 spiro atoms. The Hall–Kier alpha value is -1.40. The zero-order valence-corrected chi connectivity index (χ0v) is 14.7. The molecule has 3 fully saturated rings. The topological polar surface area (TPSA) is 76.1 Å². The molecule has 6 nitrogen and oxygen atoms in total. The number of esters is 2. The largest absolute Gasteiger partial charge is 0.463 e. The number of hydrogen-bond acceptors (Lipinski definition) is 6. The highest BCUT2D eigenvalue weighted by Gasteiger charge is 2.48. The molecule has 5 atom stereocenters. The molecule has 0 aromatic carbocycles. The first-order valence-electron chi connectivity index (χ1n) is 8.84. The first-order chi connectivity index (χ1) is 11.3. The lowest BCUT2D eigenvalue weighted by Crippen LogP contribution is -2.46. The summed E-state index contributed by atoms with van der Waals surface area (Å²) in [5.74, 6) is -1.23. The molecule has 6 heteroatoms. The summed E-state index contributed by atoms with van der Waals surface area (Å²) < 4.78 is 11.3. The maximum Gasteiger partial charge on any atom is 0.338 e. The molecule has 134 valence electrons. The number of hydrogen-bond donors (Lipinski definition) is 1. The zero-order valence-electron chi connectivity index (χ0n) is 14.7. The van der Waals surface area contributed by atoms with Gasteiger partial charge in [-0.3, -0.25) is 4.90 Å². The Balaban J connectivity index is 1.89. The second kappa shape index (κ2) is 6.48. The number of rotatable bonds is 0. The second-order valence-corrected chi connectivity index (χ2v) is 7.47. The zero-order chi connectivity index (χ0) is 17.5. The van der Waals surface area contributed by atoms with Gasteiger partial charge in [-0.15, -0.1) is 0 Å². The Kier molecular flexibility index (Phi) is 4.71. The van der Waals surface area contributed by atoms with Gasteiger partial charge in [0.25, 0.3) is 0 Å². The van der Waals surface area contributed by atoms with Gasteiger partial charge in [0.2, 0.25) is 0 Å². The van der Waals surface area contributed by atoms with Crippen molar-refractivity contribution in [3.05, 3.63) is 11.6 Å². The van der Waals surface area contributed by atoms with E-state index in [9.17, 15) is 14.7 Å². The van der Waals surface area contributed by atoms with Gasteiger partial charge in [0.15, 0.2) is 5.60 Å². The van der Waals surface area contributed by atoms with Crippen LogP contribution in [0.1, 0.15) is 40.0 Å². The number of allylic oxidation sites excluding steroid dienone is 1. The fraction of sp³-hybridized carbons (Fsp3) is 0.778. The lowest BCUT2D eigenvalue weighted by Gasteiger charge is -2.32. The smallest absolute Gasteiger partial charge is 0.338 e. The van der Waals surface area contributed by atoms with Crippen LogP contribution in [0.4, 0.5) is 0 Å². The van der Waals surface area contributed by atoms with Crippen molar-refractivity contribution < 1.29 is 24.2 Å². The molecule has 0 bridgehead atoms. The summed E-state index contributed by atoms with van der Waals surface area (Å²) in [7, 11) is 0. The molecular weight excluding hydrogens is 310 g/mol. The Bertz CT molecular complexity index is 556. The number of ether oxygens (including phenoxy) is 2. The van der Waals surface area contributed by atoms with E-state index < -0.39 is 17.5 Å². The third-order valence-corrected chi connectivity index (χ3v) is 5.97. The van der Waals surface area contributed by atoms with Crippen molar-refractivity contribution in [1.82, 2.24) is 4.90 Å². The van der Waals surface area contributed by atoms with Crippen LogP contribution in [-0.4, -0.2) is 59.4 Å². The molecule has 0 radical (unpaired) electrons. The van der Waals surface area contributed by atoms with E-state index in [2.05, 4.69) is 4.90 Å². The summed E-state index contributed by atoms with van der Waals surface area (Å²) in [6, 6.07) is 0.113. The Labute approximate surface area is 142 Å². The van der Waals surface area contributed by atoms with Crippen molar-refractivity contribution in [2.45, 2.75) is 57.8 Å². The maximum absolute atomic E-state index is 12.6. The van der Waals surface area contributed by atoms with E-state index in [0.29, 0.717) is 5.57 Å². The van der Waals surface area contributed by atoms with E-state index >= 15 is 0 Å². The SMILES string of the molecule is C/C=C1\C[C@@H](C)[C@](C)(O)C(=O)OC[C@@H]2CCN3CC[C@@H](OC1=O)[C@H]23. The van der Waals surface area contributed by atoms with Crippen LogP contribution in [0.5, 0.6) is 0 Å². The fourth-order valence-corrected chi connectivity index (χ4v) is 4.11. The molecule has 0 aromatic heterocycles. The molecule has 1 N–H and O–H groups in total. The monoisotopic (exact) mass is 337 g/mol. The van der Waals surface area contributed by atoms with E-state index in [1.165, 1.54) is 6.92 Å². The van der Waals surface area contributed by atoms with Crippen molar-refractivity contribution >= 4 is 11.9 Å². The average Bonchev–Trinajstić information content (AvgIpc) is 3.12. The minimum Gasteiger partial charge on any atom is -0.463 e. The van der Waals surface area contributed by atoms with Gasteiger partial charge in [-0.05, 0) is 45.6 Å². The van der Waals surface area contributed by atoms with Gasteiger partial charge >= 0.3 is 11.9 Å². The first kappa shape index (κ1) is 17.4. The van der Waals surface area contributed by atoms with E-state index in [4.69, 9.17) is 9.47 Å². The highest BCUT2D eigenvalue weighted by atomic mass is 16.6. The molecule has 0 amide bonds. The van der Waals surface area contributed by atoms with Crippen molar-refractivity contribution in [1.29, 1.82) is 0 Å². The van der Waals surface area contributed by atoms with Crippen molar-refractivity contribution in [2.24, 2.45) is 11.8 Å². The Morgan fingerprint density at radius 3 is 2.71 bits per heavy atom.